The summed E-state index contributed by atoms with van der Waals surface area (Å²) >= 11 is 0. The van der Waals surface area contributed by atoms with Gasteiger partial charge in [0.05, 0.1) is 29.2 Å². The zero-order valence-electron chi connectivity index (χ0n) is 10.8. The van der Waals surface area contributed by atoms with E-state index in [4.69, 9.17) is 15.2 Å². The highest BCUT2D eigenvalue weighted by Gasteiger charge is 2.30. The molecule has 6 nitrogen and oxygen atoms in total. The fourth-order valence-corrected chi connectivity index (χ4v) is 2.34. The highest BCUT2D eigenvalue weighted by Crippen LogP contribution is 2.37. The molecule has 3 rings (SSSR count). The van der Waals surface area contributed by atoms with Gasteiger partial charge in [-0.05, 0) is 19.4 Å². The third-order valence-electron chi connectivity index (χ3n) is 3.44. The quantitative estimate of drug-likeness (QED) is 0.698. The summed E-state index contributed by atoms with van der Waals surface area (Å²) in [5.41, 5.74) is 7.94. The second-order valence-electron chi connectivity index (χ2n) is 5.26. The molecule has 2 heterocycles. The Morgan fingerprint density at radius 3 is 3.05 bits per heavy atom. The van der Waals surface area contributed by atoms with Crippen LogP contribution in [0.1, 0.15) is 13.3 Å². The maximum atomic E-state index is 11.3. The number of amides is 1. The van der Waals surface area contributed by atoms with Gasteiger partial charge in [-0.15, -0.1) is 0 Å². The summed E-state index contributed by atoms with van der Waals surface area (Å²) in [5.74, 6) is 0.453. The minimum atomic E-state index is -0.154. The topological polar surface area (TPSA) is 85.6 Å². The molecule has 0 radical (unpaired) electrons. The van der Waals surface area contributed by atoms with E-state index in [2.05, 4.69) is 17.6 Å². The van der Waals surface area contributed by atoms with Gasteiger partial charge in [-0.3, -0.25) is 4.79 Å². The van der Waals surface area contributed by atoms with Crippen LogP contribution in [0.3, 0.4) is 0 Å². The van der Waals surface area contributed by atoms with Crippen molar-refractivity contribution in [3.05, 3.63) is 12.1 Å². The molecular weight excluding hydrogens is 246 g/mol. The summed E-state index contributed by atoms with van der Waals surface area (Å²) in [6.45, 7) is 3.51. The van der Waals surface area contributed by atoms with Gasteiger partial charge in [-0.1, -0.05) is 0 Å². The lowest BCUT2D eigenvalue weighted by atomic mass is 10.0. The number of carbonyl (C=O) groups excluding carboxylic acids is 1. The molecule has 1 amide bonds. The van der Waals surface area contributed by atoms with E-state index in [-0.39, 0.29) is 18.1 Å². The maximum absolute atomic E-state index is 11.3. The van der Waals surface area contributed by atoms with E-state index in [0.29, 0.717) is 23.7 Å². The third-order valence-corrected chi connectivity index (χ3v) is 3.44. The van der Waals surface area contributed by atoms with Crippen molar-refractivity contribution < 1.29 is 14.3 Å². The number of rotatable bonds is 2. The molecule has 4 N–H and O–H groups in total. The lowest BCUT2D eigenvalue weighted by Gasteiger charge is -2.27. The van der Waals surface area contributed by atoms with E-state index in [0.717, 1.165) is 18.7 Å². The summed E-state index contributed by atoms with van der Waals surface area (Å²) in [6, 6.07) is 3.54. The molecule has 1 fully saturated rings. The van der Waals surface area contributed by atoms with E-state index in [1.807, 2.05) is 6.07 Å². The van der Waals surface area contributed by atoms with E-state index < -0.39 is 0 Å². The number of hydrogen-bond donors (Lipinski definition) is 3. The van der Waals surface area contributed by atoms with Crippen LogP contribution in [-0.2, 0) is 9.53 Å². The van der Waals surface area contributed by atoms with Crippen LogP contribution in [-0.4, -0.2) is 31.3 Å². The van der Waals surface area contributed by atoms with Gasteiger partial charge in [0.25, 0.3) is 5.91 Å². The van der Waals surface area contributed by atoms with Gasteiger partial charge in [0, 0.05) is 12.7 Å². The molecule has 1 aromatic rings. The summed E-state index contributed by atoms with van der Waals surface area (Å²) in [6.07, 6.45) is 0.923. The molecule has 0 bridgehead atoms. The van der Waals surface area contributed by atoms with Crippen molar-refractivity contribution in [2.24, 2.45) is 0 Å². The zero-order chi connectivity index (χ0) is 13.5. The van der Waals surface area contributed by atoms with Crippen LogP contribution in [0.5, 0.6) is 5.75 Å². The number of anilines is 3. The number of carbonyl (C=O) groups is 1. The first-order chi connectivity index (χ1) is 9.06. The van der Waals surface area contributed by atoms with E-state index in [1.165, 1.54) is 0 Å². The van der Waals surface area contributed by atoms with Crippen molar-refractivity contribution in [1.82, 2.24) is 0 Å². The van der Waals surface area contributed by atoms with Crippen molar-refractivity contribution in [1.29, 1.82) is 0 Å². The molecule has 1 atom stereocenters. The Morgan fingerprint density at radius 1 is 1.47 bits per heavy atom. The molecule has 19 heavy (non-hydrogen) atoms. The molecule has 1 aromatic carbocycles. The highest BCUT2D eigenvalue weighted by atomic mass is 16.5. The van der Waals surface area contributed by atoms with Crippen molar-refractivity contribution in [3.8, 4) is 5.75 Å². The summed E-state index contributed by atoms with van der Waals surface area (Å²) in [5, 5.41) is 6.17. The van der Waals surface area contributed by atoms with Gasteiger partial charge in [0.15, 0.2) is 6.61 Å². The molecule has 2 aliphatic heterocycles. The van der Waals surface area contributed by atoms with Crippen LogP contribution >= 0.6 is 0 Å². The summed E-state index contributed by atoms with van der Waals surface area (Å²) in [7, 11) is 0. The van der Waals surface area contributed by atoms with Gasteiger partial charge in [0.1, 0.15) is 5.75 Å². The maximum Gasteiger partial charge on any atom is 0.262 e. The highest BCUT2D eigenvalue weighted by molar-refractivity contribution is 5.97. The van der Waals surface area contributed by atoms with Gasteiger partial charge in [0.2, 0.25) is 0 Å². The van der Waals surface area contributed by atoms with E-state index >= 15 is 0 Å². The number of nitrogens with two attached hydrogens (primary N) is 1. The molecule has 6 heteroatoms. The molecule has 0 spiro atoms. The second kappa shape index (κ2) is 4.31. The fourth-order valence-electron chi connectivity index (χ4n) is 2.34. The van der Waals surface area contributed by atoms with E-state index in [1.54, 1.807) is 6.07 Å². The molecule has 0 aromatic heterocycles. The van der Waals surface area contributed by atoms with Gasteiger partial charge < -0.3 is 25.8 Å². The average molecular weight is 263 g/mol. The largest absolute Gasteiger partial charge is 0.482 e. The SMILES string of the molecule is CC1(Nc2cc3c(cc2N)OCC(=O)N3)CCOC1. The van der Waals surface area contributed by atoms with Crippen LogP contribution in [0.15, 0.2) is 12.1 Å². The van der Waals surface area contributed by atoms with Crippen molar-refractivity contribution >= 4 is 23.0 Å². The molecule has 1 unspecified atom stereocenters. The normalized spacial score (nSPS) is 25.4. The number of nitrogens with one attached hydrogen (secondary N) is 2. The molecular formula is C13H17N3O3. The van der Waals surface area contributed by atoms with Crippen LogP contribution in [0.4, 0.5) is 17.1 Å². The number of hydrogen-bond acceptors (Lipinski definition) is 5. The van der Waals surface area contributed by atoms with Crippen LogP contribution in [0.2, 0.25) is 0 Å². The molecule has 2 aliphatic rings. The van der Waals surface area contributed by atoms with Crippen molar-refractivity contribution in [2.75, 3.05) is 36.2 Å². The molecule has 0 aliphatic carbocycles. The number of fused-ring (bicyclic) bond motifs is 1. The Kier molecular flexibility index (Phi) is 2.74. The number of ether oxygens (including phenoxy) is 2. The Balaban J connectivity index is 1.89. The van der Waals surface area contributed by atoms with Gasteiger partial charge >= 0.3 is 0 Å². The third kappa shape index (κ3) is 2.31. The summed E-state index contributed by atoms with van der Waals surface area (Å²) < 4.78 is 10.7. The van der Waals surface area contributed by atoms with Crippen LogP contribution in [0.25, 0.3) is 0 Å². The molecule has 0 saturated carbocycles. The minimum absolute atomic E-state index is 0.0325. The smallest absolute Gasteiger partial charge is 0.262 e. The first-order valence-electron chi connectivity index (χ1n) is 6.28. The standard InChI is InChI=1S/C13H17N3O3/c1-13(2-3-18-7-13)16-9-5-10-11(4-8(9)14)19-6-12(17)15-10/h4-5,16H,2-3,6-7,14H2,1H3,(H,15,17). The number of benzene rings is 1. The minimum Gasteiger partial charge on any atom is -0.482 e. The average Bonchev–Trinajstić information content (AvgIpc) is 2.78. The first-order valence-corrected chi connectivity index (χ1v) is 6.28. The predicted molar refractivity (Wildman–Crippen MR) is 72.4 cm³/mol. The van der Waals surface area contributed by atoms with Gasteiger partial charge in [-0.25, -0.2) is 0 Å². The second-order valence-corrected chi connectivity index (χ2v) is 5.26. The van der Waals surface area contributed by atoms with Crippen molar-refractivity contribution in [2.45, 2.75) is 18.9 Å². The number of nitrogen functional groups attached to an aromatic ring is 1. The predicted octanol–water partition coefficient (Wildman–Crippen LogP) is 1.19. The van der Waals surface area contributed by atoms with Crippen LogP contribution < -0.4 is 21.1 Å². The Bertz CT molecular complexity index is 524. The Morgan fingerprint density at radius 2 is 2.32 bits per heavy atom. The Labute approximate surface area is 111 Å². The zero-order valence-corrected chi connectivity index (χ0v) is 10.8. The first kappa shape index (κ1) is 12.1. The van der Waals surface area contributed by atoms with E-state index in [9.17, 15) is 4.79 Å². The van der Waals surface area contributed by atoms with Gasteiger partial charge in [-0.2, -0.15) is 0 Å². The summed E-state index contributed by atoms with van der Waals surface area (Å²) in [4.78, 5) is 11.3. The Hall–Kier alpha value is -1.95. The lowest BCUT2D eigenvalue weighted by Crippen LogP contribution is -2.35. The lowest BCUT2D eigenvalue weighted by molar-refractivity contribution is -0.118. The molecule has 102 valence electrons. The fraction of sp³-hybridized carbons (Fsp3) is 0.462. The monoisotopic (exact) mass is 263 g/mol. The van der Waals surface area contributed by atoms with Crippen LogP contribution in [0, 0.1) is 0 Å². The molecule has 1 saturated heterocycles. The van der Waals surface area contributed by atoms with Crippen molar-refractivity contribution in [3.63, 3.8) is 0 Å².